The second-order valence-corrected chi connectivity index (χ2v) is 5.45. The monoisotopic (exact) mass is 263 g/mol. The highest BCUT2D eigenvalue weighted by atomic mass is 16.5. The van der Waals surface area contributed by atoms with Gasteiger partial charge in [-0.1, -0.05) is 13.8 Å². The van der Waals surface area contributed by atoms with Crippen LogP contribution in [0.3, 0.4) is 0 Å². The zero-order chi connectivity index (χ0) is 14.2. The van der Waals surface area contributed by atoms with Crippen molar-refractivity contribution in [2.75, 3.05) is 12.4 Å². The van der Waals surface area contributed by atoms with Gasteiger partial charge in [-0.05, 0) is 30.0 Å². The number of aromatic carboxylic acids is 1. The van der Waals surface area contributed by atoms with E-state index in [1.165, 1.54) is 25.3 Å². The lowest BCUT2D eigenvalue weighted by Crippen LogP contribution is -2.17. The van der Waals surface area contributed by atoms with E-state index in [2.05, 4.69) is 5.32 Å². The third-order valence-corrected chi connectivity index (χ3v) is 3.53. The van der Waals surface area contributed by atoms with Crippen molar-refractivity contribution in [2.45, 2.75) is 20.3 Å². The number of hydrogen-bond acceptors (Lipinski definition) is 3. The smallest absolute Gasteiger partial charge is 0.335 e. The summed E-state index contributed by atoms with van der Waals surface area (Å²) >= 11 is 0. The maximum Gasteiger partial charge on any atom is 0.335 e. The summed E-state index contributed by atoms with van der Waals surface area (Å²) in [6.07, 6.45) is 0.847. The number of nitrogens with one attached hydrogen (secondary N) is 1. The lowest BCUT2D eigenvalue weighted by atomic mass is 10.1. The number of carbonyl (C=O) groups is 2. The molecule has 0 aromatic heterocycles. The minimum absolute atomic E-state index is 0.0225. The van der Waals surface area contributed by atoms with Gasteiger partial charge in [-0.2, -0.15) is 0 Å². The van der Waals surface area contributed by atoms with Gasteiger partial charge in [0.15, 0.2) is 0 Å². The molecular formula is C14H17NO4. The maximum absolute atomic E-state index is 12.0. The molecule has 102 valence electrons. The van der Waals surface area contributed by atoms with Crippen LogP contribution in [0.15, 0.2) is 18.2 Å². The average molecular weight is 263 g/mol. The number of carbonyl (C=O) groups excluding carboxylic acids is 1. The Hall–Kier alpha value is -2.04. The first kappa shape index (κ1) is 13.4. The molecule has 1 amide bonds. The largest absolute Gasteiger partial charge is 0.495 e. The molecule has 1 fully saturated rings. The van der Waals surface area contributed by atoms with E-state index in [0.29, 0.717) is 11.4 Å². The number of anilines is 1. The highest BCUT2D eigenvalue weighted by molar-refractivity contribution is 5.98. The third-order valence-electron chi connectivity index (χ3n) is 3.53. The van der Waals surface area contributed by atoms with Gasteiger partial charge in [-0.25, -0.2) is 4.79 Å². The van der Waals surface area contributed by atoms with Crippen molar-refractivity contribution in [3.63, 3.8) is 0 Å². The van der Waals surface area contributed by atoms with Gasteiger partial charge in [0.05, 0.1) is 18.4 Å². The van der Waals surface area contributed by atoms with Crippen molar-refractivity contribution >= 4 is 17.6 Å². The van der Waals surface area contributed by atoms with Crippen LogP contribution < -0.4 is 10.1 Å². The van der Waals surface area contributed by atoms with Crippen molar-refractivity contribution in [3.8, 4) is 5.75 Å². The Balaban J connectivity index is 2.21. The number of carboxylic acid groups (broad SMARTS) is 1. The Bertz CT molecular complexity index is 536. The molecule has 1 aliphatic carbocycles. The molecule has 1 atom stereocenters. The summed E-state index contributed by atoms with van der Waals surface area (Å²) in [5.41, 5.74) is 0.545. The van der Waals surface area contributed by atoms with Crippen LogP contribution in [0.1, 0.15) is 30.6 Å². The predicted octanol–water partition coefficient (Wildman–Crippen LogP) is 2.38. The molecule has 5 nitrogen and oxygen atoms in total. The predicted molar refractivity (Wildman–Crippen MR) is 70.5 cm³/mol. The van der Waals surface area contributed by atoms with Gasteiger partial charge < -0.3 is 15.2 Å². The van der Waals surface area contributed by atoms with E-state index >= 15 is 0 Å². The molecule has 1 saturated carbocycles. The molecule has 2 rings (SSSR count). The minimum atomic E-state index is -1.04. The van der Waals surface area contributed by atoms with Gasteiger partial charge in [0.2, 0.25) is 5.91 Å². The summed E-state index contributed by atoms with van der Waals surface area (Å²) in [6, 6.07) is 4.39. The molecule has 1 unspecified atom stereocenters. The normalized spacial score (nSPS) is 19.6. The lowest BCUT2D eigenvalue weighted by Gasteiger charge is -2.11. The van der Waals surface area contributed by atoms with Gasteiger partial charge in [-0.3, -0.25) is 4.79 Å². The van der Waals surface area contributed by atoms with E-state index < -0.39 is 5.97 Å². The van der Waals surface area contributed by atoms with E-state index in [4.69, 9.17) is 9.84 Å². The summed E-state index contributed by atoms with van der Waals surface area (Å²) in [5, 5.41) is 11.7. The zero-order valence-electron chi connectivity index (χ0n) is 11.2. The molecule has 0 spiro atoms. The molecular weight excluding hydrogens is 246 g/mol. The topological polar surface area (TPSA) is 75.6 Å². The number of benzene rings is 1. The van der Waals surface area contributed by atoms with Crippen molar-refractivity contribution < 1.29 is 19.4 Å². The van der Waals surface area contributed by atoms with Crippen LogP contribution in [0.4, 0.5) is 5.69 Å². The number of rotatable bonds is 4. The summed E-state index contributed by atoms with van der Waals surface area (Å²) in [5.74, 6) is -0.696. The zero-order valence-corrected chi connectivity index (χ0v) is 11.2. The summed E-state index contributed by atoms with van der Waals surface area (Å²) in [4.78, 5) is 23.0. The van der Waals surface area contributed by atoms with Gasteiger partial charge >= 0.3 is 5.97 Å². The average Bonchev–Trinajstić information content (AvgIpc) is 2.98. The van der Waals surface area contributed by atoms with Gasteiger partial charge in [0.1, 0.15) is 5.75 Å². The summed E-state index contributed by atoms with van der Waals surface area (Å²) in [6.45, 7) is 4.06. The molecule has 2 N–H and O–H groups in total. The van der Waals surface area contributed by atoms with E-state index in [-0.39, 0.29) is 22.8 Å². The first-order chi connectivity index (χ1) is 8.85. The minimum Gasteiger partial charge on any atom is -0.495 e. The van der Waals surface area contributed by atoms with E-state index in [9.17, 15) is 9.59 Å². The Morgan fingerprint density at radius 3 is 2.53 bits per heavy atom. The van der Waals surface area contributed by atoms with Gasteiger partial charge in [0, 0.05) is 5.92 Å². The number of amides is 1. The first-order valence-corrected chi connectivity index (χ1v) is 6.07. The summed E-state index contributed by atoms with van der Waals surface area (Å²) < 4.78 is 5.13. The molecule has 0 bridgehead atoms. The maximum atomic E-state index is 12.0. The quantitative estimate of drug-likeness (QED) is 0.874. The van der Waals surface area contributed by atoms with E-state index in [1.54, 1.807) is 0 Å². The molecule has 0 radical (unpaired) electrons. The van der Waals surface area contributed by atoms with Crippen LogP contribution in [0.5, 0.6) is 5.75 Å². The van der Waals surface area contributed by atoms with Crippen molar-refractivity contribution in [1.82, 2.24) is 0 Å². The van der Waals surface area contributed by atoms with Crippen LogP contribution in [0, 0.1) is 11.3 Å². The third kappa shape index (κ3) is 2.70. The molecule has 0 saturated heterocycles. The fourth-order valence-corrected chi connectivity index (χ4v) is 2.07. The first-order valence-electron chi connectivity index (χ1n) is 6.07. The number of hydrogen-bond donors (Lipinski definition) is 2. The van der Waals surface area contributed by atoms with Crippen molar-refractivity contribution in [3.05, 3.63) is 23.8 Å². The Labute approximate surface area is 111 Å². The highest BCUT2D eigenvalue weighted by Crippen LogP contribution is 2.52. The number of carboxylic acids is 1. The Morgan fingerprint density at radius 1 is 1.42 bits per heavy atom. The Morgan fingerprint density at radius 2 is 2.05 bits per heavy atom. The fraction of sp³-hybridized carbons (Fsp3) is 0.429. The molecule has 5 heteroatoms. The SMILES string of the molecule is COc1ccc(C(=O)O)cc1NC(=O)C1CC1(C)C. The highest BCUT2D eigenvalue weighted by Gasteiger charge is 2.50. The van der Waals surface area contributed by atoms with E-state index in [0.717, 1.165) is 6.42 Å². The van der Waals surface area contributed by atoms with E-state index in [1.807, 2.05) is 13.8 Å². The number of methoxy groups -OCH3 is 1. The second kappa shape index (κ2) is 4.57. The molecule has 0 aliphatic heterocycles. The van der Waals surface area contributed by atoms with Crippen LogP contribution in [0.2, 0.25) is 0 Å². The van der Waals surface area contributed by atoms with Crippen LogP contribution in [0.25, 0.3) is 0 Å². The van der Waals surface area contributed by atoms with Crippen molar-refractivity contribution in [1.29, 1.82) is 0 Å². The van der Waals surface area contributed by atoms with Crippen LogP contribution in [-0.4, -0.2) is 24.1 Å². The van der Waals surface area contributed by atoms with Gasteiger partial charge in [-0.15, -0.1) is 0 Å². The number of ether oxygens (including phenoxy) is 1. The molecule has 1 aromatic carbocycles. The van der Waals surface area contributed by atoms with Gasteiger partial charge in [0.25, 0.3) is 0 Å². The second-order valence-electron chi connectivity index (χ2n) is 5.45. The molecule has 19 heavy (non-hydrogen) atoms. The van der Waals surface area contributed by atoms with Crippen LogP contribution >= 0.6 is 0 Å². The molecule has 1 aliphatic rings. The molecule has 1 aromatic rings. The van der Waals surface area contributed by atoms with Crippen molar-refractivity contribution in [2.24, 2.45) is 11.3 Å². The standard InChI is InChI=1S/C14H17NO4/c1-14(2)7-9(14)12(16)15-10-6-8(13(17)18)4-5-11(10)19-3/h4-6,9H,7H2,1-3H3,(H,15,16)(H,17,18). The van der Waals surface area contributed by atoms with Crippen LogP contribution in [-0.2, 0) is 4.79 Å². The summed E-state index contributed by atoms with van der Waals surface area (Å²) in [7, 11) is 1.48. The fourth-order valence-electron chi connectivity index (χ4n) is 2.07. The Kier molecular flexibility index (Phi) is 3.22. The lowest BCUT2D eigenvalue weighted by molar-refractivity contribution is -0.118. The molecule has 0 heterocycles.